The zero-order valence-electron chi connectivity index (χ0n) is 13.7. The number of hydrogen-bond acceptors (Lipinski definition) is 5. The first kappa shape index (κ1) is 16.5. The van der Waals surface area contributed by atoms with Crippen molar-refractivity contribution in [1.82, 2.24) is 10.2 Å². The zero-order chi connectivity index (χ0) is 16.8. The van der Waals surface area contributed by atoms with Gasteiger partial charge in [-0.2, -0.15) is 0 Å². The van der Waals surface area contributed by atoms with Crippen LogP contribution in [0.25, 0.3) is 0 Å². The number of furan rings is 1. The molecule has 0 aliphatic carbocycles. The van der Waals surface area contributed by atoms with E-state index in [9.17, 15) is 4.79 Å². The van der Waals surface area contributed by atoms with Crippen molar-refractivity contribution in [3.63, 3.8) is 0 Å². The van der Waals surface area contributed by atoms with Gasteiger partial charge in [0.2, 0.25) is 0 Å². The minimum absolute atomic E-state index is 0.0821. The second kappa shape index (κ2) is 7.99. The summed E-state index contributed by atoms with van der Waals surface area (Å²) in [5, 5.41) is 2.96. The maximum absolute atomic E-state index is 12.2. The molecule has 1 fully saturated rings. The minimum atomic E-state index is -0.202. The van der Waals surface area contributed by atoms with E-state index in [0.29, 0.717) is 25.5 Å². The summed E-state index contributed by atoms with van der Waals surface area (Å²) in [6.07, 6.45) is 1.50. The molecule has 3 rings (SSSR count). The summed E-state index contributed by atoms with van der Waals surface area (Å²) in [5.41, 5.74) is 1.14. The van der Waals surface area contributed by atoms with Crippen LogP contribution in [0.2, 0.25) is 0 Å². The quantitative estimate of drug-likeness (QED) is 0.879. The molecule has 2 aromatic rings. The molecule has 1 N–H and O–H groups in total. The average Bonchev–Trinajstić information content (AvgIpc) is 3.18. The summed E-state index contributed by atoms with van der Waals surface area (Å²) in [7, 11) is 1.65. The Balaban J connectivity index is 1.72. The number of carbonyl (C=O) groups is 1. The highest BCUT2D eigenvalue weighted by Gasteiger charge is 2.23. The SMILES string of the molecule is COc1ccc([C@H](CNC(=O)c2ccco2)N2CCOCC2)cc1. The van der Waals surface area contributed by atoms with Crippen LogP contribution in [0, 0.1) is 0 Å². The molecule has 2 heterocycles. The highest BCUT2D eigenvalue weighted by atomic mass is 16.5. The fourth-order valence-electron chi connectivity index (χ4n) is 2.86. The number of amides is 1. The van der Waals surface area contributed by atoms with Gasteiger partial charge in [-0.05, 0) is 29.8 Å². The van der Waals surface area contributed by atoms with Crippen LogP contribution in [0.5, 0.6) is 5.75 Å². The number of morpholine rings is 1. The Morgan fingerprint density at radius 2 is 2.00 bits per heavy atom. The molecule has 0 radical (unpaired) electrons. The van der Waals surface area contributed by atoms with Gasteiger partial charge in [0.25, 0.3) is 5.91 Å². The lowest BCUT2D eigenvalue weighted by molar-refractivity contribution is 0.0161. The van der Waals surface area contributed by atoms with E-state index >= 15 is 0 Å². The molecule has 6 heteroatoms. The van der Waals surface area contributed by atoms with E-state index in [0.717, 1.165) is 24.4 Å². The highest BCUT2D eigenvalue weighted by Crippen LogP contribution is 2.23. The number of rotatable bonds is 6. The van der Waals surface area contributed by atoms with Gasteiger partial charge in [0, 0.05) is 19.6 Å². The number of hydrogen-bond donors (Lipinski definition) is 1. The second-order valence-electron chi connectivity index (χ2n) is 5.62. The first-order chi connectivity index (χ1) is 11.8. The summed E-state index contributed by atoms with van der Waals surface area (Å²) < 4.78 is 15.8. The van der Waals surface area contributed by atoms with Crippen LogP contribution in [-0.2, 0) is 4.74 Å². The van der Waals surface area contributed by atoms with Gasteiger partial charge in [-0.15, -0.1) is 0 Å². The van der Waals surface area contributed by atoms with Crippen LogP contribution in [0.3, 0.4) is 0 Å². The molecular weight excluding hydrogens is 308 g/mol. The molecule has 0 spiro atoms. The van der Waals surface area contributed by atoms with Gasteiger partial charge in [-0.3, -0.25) is 9.69 Å². The number of nitrogens with zero attached hydrogens (tertiary/aromatic N) is 1. The third-order valence-electron chi connectivity index (χ3n) is 4.19. The lowest BCUT2D eigenvalue weighted by Crippen LogP contribution is -2.43. The molecule has 0 unspecified atom stereocenters. The summed E-state index contributed by atoms with van der Waals surface area (Å²) in [6, 6.07) is 11.4. The Kier molecular flexibility index (Phi) is 5.51. The maximum Gasteiger partial charge on any atom is 0.287 e. The largest absolute Gasteiger partial charge is 0.497 e. The summed E-state index contributed by atoms with van der Waals surface area (Å²) >= 11 is 0. The Morgan fingerprint density at radius 3 is 2.62 bits per heavy atom. The molecular formula is C18H22N2O4. The van der Waals surface area contributed by atoms with Crippen molar-refractivity contribution < 1.29 is 18.7 Å². The van der Waals surface area contributed by atoms with Crippen molar-refractivity contribution in [2.24, 2.45) is 0 Å². The Labute approximate surface area is 141 Å². The van der Waals surface area contributed by atoms with E-state index in [1.54, 1.807) is 19.2 Å². The average molecular weight is 330 g/mol. The molecule has 0 saturated carbocycles. The molecule has 1 aromatic heterocycles. The third-order valence-corrected chi connectivity index (χ3v) is 4.19. The van der Waals surface area contributed by atoms with Crippen molar-refractivity contribution in [2.75, 3.05) is 40.0 Å². The number of methoxy groups -OCH3 is 1. The lowest BCUT2D eigenvalue weighted by atomic mass is 10.0. The monoisotopic (exact) mass is 330 g/mol. The van der Waals surface area contributed by atoms with Crippen molar-refractivity contribution >= 4 is 5.91 Å². The van der Waals surface area contributed by atoms with Crippen LogP contribution in [-0.4, -0.2) is 50.8 Å². The smallest absolute Gasteiger partial charge is 0.287 e. The van der Waals surface area contributed by atoms with E-state index in [1.807, 2.05) is 24.3 Å². The Bertz CT molecular complexity index is 634. The van der Waals surface area contributed by atoms with Gasteiger partial charge in [0.1, 0.15) is 5.75 Å². The van der Waals surface area contributed by atoms with Crippen molar-refractivity contribution in [3.05, 3.63) is 54.0 Å². The van der Waals surface area contributed by atoms with Gasteiger partial charge < -0.3 is 19.2 Å². The molecule has 24 heavy (non-hydrogen) atoms. The highest BCUT2D eigenvalue weighted by molar-refractivity contribution is 5.91. The van der Waals surface area contributed by atoms with Crippen molar-refractivity contribution in [2.45, 2.75) is 6.04 Å². The number of benzene rings is 1. The van der Waals surface area contributed by atoms with Gasteiger partial charge in [0.05, 0.1) is 32.6 Å². The van der Waals surface area contributed by atoms with E-state index in [4.69, 9.17) is 13.9 Å². The molecule has 128 valence electrons. The lowest BCUT2D eigenvalue weighted by Gasteiger charge is -2.34. The Hall–Kier alpha value is -2.31. The number of nitrogens with one attached hydrogen (secondary N) is 1. The number of carbonyl (C=O) groups excluding carboxylic acids is 1. The summed E-state index contributed by atoms with van der Waals surface area (Å²) in [5.74, 6) is 0.941. The maximum atomic E-state index is 12.2. The predicted octanol–water partition coefficient (Wildman–Crippen LogP) is 2.09. The van der Waals surface area contributed by atoms with E-state index < -0.39 is 0 Å². The molecule has 1 atom stereocenters. The first-order valence-corrected chi connectivity index (χ1v) is 8.05. The van der Waals surface area contributed by atoms with Gasteiger partial charge in [-0.1, -0.05) is 12.1 Å². The van der Waals surface area contributed by atoms with Crippen LogP contribution in [0.1, 0.15) is 22.2 Å². The molecule has 0 bridgehead atoms. The summed E-state index contributed by atoms with van der Waals surface area (Å²) in [4.78, 5) is 14.5. The summed E-state index contributed by atoms with van der Waals surface area (Å²) in [6.45, 7) is 3.60. The Morgan fingerprint density at radius 1 is 1.25 bits per heavy atom. The standard InChI is InChI=1S/C18H22N2O4/c1-22-15-6-4-14(5-7-15)16(20-8-11-23-12-9-20)13-19-18(21)17-3-2-10-24-17/h2-7,10,16H,8-9,11-13H2,1H3,(H,19,21)/t16-/m0/s1. The molecule has 1 aliphatic rings. The van der Waals surface area contributed by atoms with Gasteiger partial charge in [-0.25, -0.2) is 0 Å². The van der Waals surface area contributed by atoms with Crippen LogP contribution >= 0.6 is 0 Å². The fourth-order valence-corrected chi connectivity index (χ4v) is 2.86. The molecule has 1 aliphatic heterocycles. The van der Waals surface area contributed by atoms with E-state index in [2.05, 4.69) is 10.2 Å². The van der Waals surface area contributed by atoms with Gasteiger partial charge in [0.15, 0.2) is 5.76 Å². The van der Waals surface area contributed by atoms with Crippen LogP contribution < -0.4 is 10.1 Å². The molecule has 1 saturated heterocycles. The van der Waals surface area contributed by atoms with Crippen molar-refractivity contribution in [1.29, 1.82) is 0 Å². The molecule has 1 aromatic carbocycles. The molecule has 6 nitrogen and oxygen atoms in total. The fraction of sp³-hybridized carbons (Fsp3) is 0.389. The minimum Gasteiger partial charge on any atom is -0.497 e. The zero-order valence-corrected chi connectivity index (χ0v) is 13.7. The second-order valence-corrected chi connectivity index (χ2v) is 5.62. The number of ether oxygens (including phenoxy) is 2. The normalized spacial score (nSPS) is 16.5. The van der Waals surface area contributed by atoms with Crippen LogP contribution in [0.4, 0.5) is 0 Å². The third kappa shape index (κ3) is 3.96. The predicted molar refractivity (Wildman–Crippen MR) is 89.2 cm³/mol. The van der Waals surface area contributed by atoms with E-state index in [-0.39, 0.29) is 11.9 Å². The topological polar surface area (TPSA) is 63.9 Å². The first-order valence-electron chi connectivity index (χ1n) is 8.05. The molecule has 1 amide bonds. The van der Waals surface area contributed by atoms with Gasteiger partial charge >= 0.3 is 0 Å². The van der Waals surface area contributed by atoms with E-state index in [1.165, 1.54) is 6.26 Å². The van der Waals surface area contributed by atoms with Crippen molar-refractivity contribution in [3.8, 4) is 5.75 Å². The van der Waals surface area contributed by atoms with Crippen LogP contribution in [0.15, 0.2) is 47.1 Å².